The van der Waals surface area contributed by atoms with Gasteiger partial charge in [0.2, 0.25) is 10.0 Å². The first-order chi connectivity index (χ1) is 12.1. The van der Waals surface area contributed by atoms with E-state index in [0.717, 1.165) is 25.8 Å². The van der Waals surface area contributed by atoms with Gasteiger partial charge in [-0.15, -0.1) is 0 Å². The second-order valence-corrected chi connectivity index (χ2v) is 9.01. The van der Waals surface area contributed by atoms with Crippen molar-refractivity contribution in [2.24, 2.45) is 5.92 Å². The van der Waals surface area contributed by atoms with Crippen molar-refractivity contribution < 1.29 is 17.9 Å². The second kappa shape index (κ2) is 6.54. The van der Waals surface area contributed by atoms with E-state index < -0.39 is 15.7 Å². The molecule has 2 saturated heterocycles. The molecule has 4 rings (SSSR count). The van der Waals surface area contributed by atoms with E-state index in [2.05, 4.69) is 5.32 Å². The molecule has 25 heavy (non-hydrogen) atoms. The SMILES string of the molecule is COc1ccc(S(=O)(=O)N2CCOC23CCNC2CCCCC23)cc1. The summed E-state index contributed by atoms with van der Waals surface area (Å²) < 4.78 is 39.7. The Balaban J connectivity index is 1.70. The summed E-state index contributed by atoms with van der Waals surface area (Å²) in [4.78, 5) is 0.309. The molecule has 0 radical (unpaired) electrons. The Morgan fingerprint density at radius 1 is 1.24 bits per heavy atom. The van der Waals surface area contributed by atoms with Crippen LogP contribution in [0.15, 0.2) is 29.2 Å². The van der Waals surface area contributed by atoms with Gasteiger partial charge in [-0.2, -0.15) is 4.31 Å². The predicted molar refractivity (Wildman–Crippen MR) is 93.9 cm³/mol. The third-order valence-corrected chi connectivity index (χ3v) is 7.89. The van der Waals surface area contributed by atoms with Crippen LogP contribution in [0.1, 0.15) is 32.1 Å². The van der Waals surface area contributed by atoms with Crippen molar-refractivity contribution in [1.29, 1.82) is 0 Å². The van der Waals surface area contributed by atoms with Crippen molar-refractivity contribution in [2.75, 3.05) is 26.8 Å². The lowest BCUT2D eigenvalue weighted by Crippen LogP contribution is -2.64. The monoisotopic (exact) mass is 366 g/mol. The molecule has 2 aliphatic heterocycles. The molecule has 1 N–H and O–H groups in total. The standard InChI is InChI=1S/C18H26N2O4S/c1-23-14-6-8-15(9-7-14)25(21,22)20-12-13-24-18(20)10-11-19-17-5-3-2-4-16(17)18/h6-9,16-17,19H,2-5,10-13H2,1H3. The van der Waals surface area contributed by atoms with Gasteiger partial charge < -0.3 is 14.8 Å². The lowest BCUT2D eigenvalue weighted by atomic mass is 9.74. The van der Waals surface area contributed by atoms with E-state index in [1.807, 2.05) is 0 Å². The zero-order chi connectivity index (χ0) is 17.5. The first-order valence-corrected chi connectivity index (χ1v) is 10.6. The molecule has 3 atom stereocenters. The third kappa shape index (κ3) is 2.77. The van der Waals surface area contributed by atoms with Crippen LogP contribution in [-0.4, -0.2) is 51.3 Å². The van der Waals surface area contributed by atoms with E-state index in [1.165, 1.54) is 6.42 Å². The zero-order valence-electron chi connectivity index (χ0n) is 14.6. The lowest BCUT2D eigenvalue weighted by Gasteiger charge is -2.51. The molecule has 1 aromatic rings. The van der Waals surface area contributed by atoms with Crippen LogP contribution in [-0.2, 0) is 14.8 Å². The van der Waals surface area contributed by atoms with Gasteiger partial charge in [0.15, 0.2) is 0 Å². The summed E-state index contributed by atoms with van der Waals surface area (Å²) in [6.07, 6.45) is 5.18. The van der Waals surface area contributed by atoms with Crippen LogP contribution >= 0.6 is 0 Å². The fourth-order valence-electron chi connectivity index (χ4n) is 4.79. The van der Waals surface area contributed by atoms with Crippen molar-refractivity contribution in [3.63, 3.8) is 0 Å². The number of methoxy groups -OCH3 is 1. The summed E-state index contributed by atoms with van der Waals surface area (Å²) in [5, 5.41) is 3.58. The summed E-state index contributed by atoms with van der Waals surface area (Å²) in [6, 6.07) is 7.00. The number of hydrogen-bond acceptors (Lipinski definition) is 5. The highest BCUT2D eigenvalue weighted by Crippen LogP contribution is 2.46. The summed E-state index contributed by atoms with van der Waals surface area (Å²) >= 11 is 0. The van der Waals surface area contributed by atoms with Crippen molar-refractivity contribution >= 4 is 10.0 Å². The summed E-state index contributed by atoms with van der Waals surface area (Å²) in [5.41, 5.74) is -0.685. The number of nitrogens with zero attached hydrogens (tertiary/aromatic N) is 1. The number of benzene rings is 1. The molecule has 6 nitrogen and oxygen atoms in total. The molecule has 3 aliphatic rings. The lowest BCUT2D eigenvalue weighted by molar-refractivity contribution is -0.134. The van der Waals surface area contributed by atoms with Crippen molar-refractivity contribution in [2.45, 2.75) is 48.8 Å². The van der Waals surface area contributed by atoms with Gasteiger partial charge in [0, 0.05) is 24.9 Å². The Kier molecular flexibility index (Phi) is 4.52. The molecule has 3 unspecified atom stereocenters. The minimum atomic E-state index is -3.60. The minimum absolute atomic E-state index is 0.227. The minimum Gasteiger partial charge on any atom is -0.497 e. The number of nitrogens with one attached hydrogen (secondary N) is 1. The summed E-state index contributed by atoms with van der Waals surface area (Å²) in [6.45, 7) is 1.70. The second-order valence-electron chi connectivity index (χ2n) is 7.15. The number of fused-ring (bicyclic) bond motifs is 2. The molecule has 0 aromatic heterocycles. The van der Waals surface area contributed by atoms with Gasteiger partial charge in [0.05, 0.1) is 18.6 Å². The van der Waals surface area contributed by atoms with Crippen LogP contribution in [0.25, 0.3) is 0 Å². The number of ether oxygens (including phenoxy) is 2. The van der Waals surface area contributed by atoms with Crippen molar-refractivity contribution in [1.82, 2.24) is 9.62 Å². The highest BCUT2D eigenvalue weighted by Gasteiger charge is 2.57. The zero-order valence-corrected chi connectivity index (χ0v) is 15.4. The molecule has 1 aliphatic carbocycles. The van der Waals surface area contributed by atoms with Gasteiger partial charge in [-0.3, -0.25) is 0 Å². The number of rotatable bonds is 3. The molecule has 0 amide bonds. The van der Waals surface area contributed by atoms with Gasteiger partial charge in [0.25, 0.3) is 0 Å². The highest BCUT2D eigenvalue weighted by molar-refractivity contribution is 7.89. The first kappa shape index (κ1) is 17.3. The van der Waals surface area contributed by atoms with Crippen LogP contribution in [0.5, 0.6) is 5.75 Å². The maximum atomic E-state index is 13.4. The molecule has 0 bridgehead atoms. The van der Waals surface area contributed by atoms with Crippen molar-refractivity contribution in [3.8, 4) is 5.75 Å². The van der Waals surface area contributed by atoms with Gasteiger partial charge in [-0.25, -0.2) is 8.42 Å². The van der Waals surface area contributed by atoms with E-state index >= 15 is 0 Å². The normalized spacial score (nSPS) is 33.3. The summed E-state index contributed by atoms with van der Waals surface area (Å²) in [7, 11) is -2.02. The quantitative estimate of drug-likeness (QED) is 0.886. The Labute approximate surface area is 149 Å². The number of hydrogen-bond donors (Lipinski definition) is 1. The predicted octanol–water partition coefficient (Wildman–Crippen LogP) is 1.96. The molecule has 3 fully saturated rings. The Bertz CT molecular complexity index is 719. The van der Waals surface area contributed by atoms with Gasteiger partial charge in [-0.05, 0) is 43.7 Å². The molecule has 2 heterocycles. The maximum absolute atomic E-state index is 13.4. The van der Waals surface area contributed by atoms with Gasteiger partial charge >= 0.3 is 0 Å². The third-order valence-electron chi connectivity index (χ3n) is 5.95. The fourth-order valence-corrected chi connectivity index (χ4v) is 6.53. The fraction of sp³-hybridized carbons (Fsp3) is 0.667. The van der Waals surface area contributed by atoms with Crippen LogP contribution in [0.2, 0.25) is 0 Å². The highest BCUT2D eigenvalue weighted by atomic mass is 32.2. The van der Waals surface area contributed by atoms with E-state index in [4.69, 9.17) is 9.47 Å². The van der Waals surface area contributed by atoms with Crippen LogP contribution in [0.3, 0.4) is 0 Å². The average Bonchev–Trinajstić information content (AvgIpc) is 3.07. The van der Waals surface area contributed by atoms with Gasteiger partial charge in [-0.1, -0.05) is 12.8 Å². The molecule has 1 aromatic carbocycles. The molecule has 1 spiro atoms. The van der Waals surface area contributed by atoms with Crippen LogP contribution in [0.4, 0.5) is 0 Å². The van der Waals surface area contributed by atoms with Crippen molar-refractivity contribution in [3.05, 3.63) is 24.3 Å². The largest absolute Gasteiger partial charge is 0.497 e. The van der Waals surface area contributed by atoms with Crippen LogP contribution < -0.4 is 10.1 Å². The van der Waals surface area contributed by atoms with E-state index in [1.54, 1.807) is 35.7 Å². The average molecular weight is 366 g/mol. The molecular weight excluding hydrogens is 340 g/mol. The molecule has 138 valence electrons. The Morgan fingerprint density at radius 3 is 2.76 bits per heavy atom. The molecule has 7 heteroatoms. The molecule has 1 saturated carbocycles. The van der Waals surface area contributed by atoms with E-state index in [-0.39, 0.29) is 5.92 Å². The summed E-state index contributed by atoms with van der Waals surface area (Å²) in [5.74, 6) is 0.881. The Hall–Kier alpha value is -1.15. The number of piperidine rings is 1. The van der Waals surface area contributed by atoms with E-state index in [9.17, 15) is 8.42 Å². The van der Waals surface area contributed by atoms with E-state index in [0.29, 0.717) is 36.3 Å². The maximum Gasteiger partial charge on any atom is 0.245 e. The number of sulfonamides is 1. The van der Waals surface area contributed by atoms with Gasteiger partial charge in [0.1, 0.15) is 11.5 Å². The molecular formula is C18H26N2O4S. The van der Waals surface area contributed by atoms with Crippen LogP contribution in [0, 0.1) is 5.92 Å². The topological polar surface area (TPSA) is 67.9 Å². The first-order valence-electron chi connectivity index (χ1n) is 9.12. The Morgan fingerprint density at radius 2 is 2.00 bits per heavy atom. The smallest absolute Gasteiger partial charge is 0.245 e.